The van der Waals surface area contributed by atoms with E-state index in [4.69, 9.17) is 4.74 Å². The Morgan fingerprint density at radius 1 is 0.879 bits per heavy atom. The third kappa shape index (κ3) is 9.59. The molecule has 33 heavy (non-hydrogen) atoms. The molecule has 0 radical (unpaired) electrons. The van der Waals surface area contributed by atoms with Gasteiger partial charge in [-0.15, -0.1) is 24.0 Å². The highest BCUT2D eigenvalue weighted by atomic mass is 127. The molecule has 7 nitrogen and oxygen atoms in total. The number of rotatable bonds is 9. The van der Waals surface area contributed by atoms with Crippen LogP contribution < -0.4 is 20.7 Å². The highest BCUT2D eigenvalue weighted by molar-refractivity contribution is 14.0. The van der Waals surface area contributed by atoms with E-state index in [0.29, 0.717) is 19.0 Å². The summed E-state index contributed by atoms with van der Waals surface area (Å²) in [6.45, 7) is 4.72. The molecule has 2 aromatic carbocycles. The van der Waals surface area contributed by atoms with Gasteiger partial charge in [0.1, 0.15) is 5.75 Å². The summed E-state index contributed by atoms with van der Waals surface area (Å²) >= 11 is 0. The van der Waals surface area contributed by atoms with E-state index in [1.807, 2.05) is 24.3 Å². The van der Waals surface area contributed by atoms with Crippen molar-refractivity contribution < 1.29 is 9.53 Å². The minimum Gasteiger partial charge on any atom is -0.497 e. The van der Waals surface area contributed by atoms with Gasteiger partial charge in [0.25, 0.3) is 0 Å². The zero-order valence-corrected chi connectivity index (χ0v) is 21.9. The maximum Gasteiger partial charge on any atom is 0.239 e. The molecule has 2 aromatic rings. The minimum atomic E-state index is -0.0918. The number of piperidine rings is 1. The van der Waals surface area contributed by atoms with E-state index in [1.54, 1.807) is 14.2 Å². The number of guanidine groups is 1. The number of ether oxygens (including phenoxy) is 1. The smallest absolute Gasteiger partial charge is 0.239 e. The molecule has 1 aliphatic heterocycles. The van der Waals surface area contributed by atoms with Crippen molar-refractivity contribution in [2.45, 2.75) is 38.9 Å². The van der Waals surface area contributed by atoms with Gasteiger partial charge < -0.3 is 20.7 Å². The summed E-state index contributed by atoms with van der Waals surface area (Å²) < 4.78 is 5.14. The highest BCUT2D eigenvalue weighted by Crippen LogP contribution is 2.14. The lowest BCUT2D eigenvalue weighted by molar-refractivity contribution is -0.120. The van der Waals surface area contributed by atoms with Gasteiger partial charge in [-0.3, -0.25) is 14.7 Å². The van der Waals surface area contributed by atoms with Crippen molar-refractivity contribution in [2.24, 2.45) is 4.99 Å². The summed E-state index contributed by atoms with van der Waals surface area (Å²) in [5.74, 6) is 1.31. The van der Waals surface area contributed by atoms with E-state index in [-0.39, 0.29) is 36.4 Å². The fraction of sp³-hybridized carbons (Fsp3) is 0.440. The molecule has 0 aromatic heterocycles. The van der Waals surface area contributed by atoms with Crippen molar-refractivity contribution in [3.05, 3.63) is 65.2 Å². The molecule has 1 amide bonds. The van der Waals surface area contributed by atoms with Crippen molar-refractivity contribution in [1.29, 1.82) is 0 Å². The van der Waals surface area contributed by atoms with Crippen LogP contribution in [-0.4, -0.2) is 50.6 Å². The molecule has 0 bridgehead atoms. The second-order valence-corrected chi connectivity index (χ2v) is 8.06. The number of nitrogens with one attached hydrogen (secondary N) is 3. The standard InChI is InChI=1S/C25H35N5O2.HI/c1-26-25(29-18-24(31)27-16-21-10-12-23(32-2)13-11-21)28-17-20-6-8-22(9-7-20)19-30-14-4-3-5-15-30;/h6-13H,3-5,14-19H2,1-2H3,(H,27,31)(H2,26,28,29);1H. The Morgan fingerprint density at radius 2 is 1.45 bits per heavy atom. The summed E-state index contributed by atoms with van der Waals surface area (Å²) in [7, 11) is 3.33. The molecule has 8 heteroatoms. The topological polar surface area (TPSA) is 78.0 Å². The summed E-state index contributed by atoms with van der Waals surface area (Å²) in [6.07, 6.45) is 3.99. The van der Waals surface area contributed by atoms with Crippen LogP contribution in [-0.2, 0) is 24.4 Å². The zero-order chi connectivity index (χ0) is 22.6. The van der Waals surface area contributed by atoms with Crippen molar-refractivity contribution in [1.82, 2.24) is 20.9 Å². The molecule has 0 spiro atoms. The van der Waals surface area contributed by atoms with Crippen LogP contribution in [0.5, 0.6) is 5.75 Å². The molecule has 3 rings (SSSR count). The SMILES string of the molecule is CN=C(NCC(=O)NCc1ccc(OC)cc1)NCc1ccc(CN2CCCCC2)cc1.I. The molecule has 0 aliphatic carbocycles. The van der Waals surface area contributed by atoms with Gasteiger partial charge in [-0.1, -0.05) is 42.8 Å². The number of carbonyl (C=O) groups excluding carboxylic acids is 1. The van der Waals surface area contributed by atoms with Crippen molar-refractivity contribution in [3.8, 4) is 5.75 Å². The number of methoxy groups -OCH3 is 1. The quantitative estimate of drug-likeness (QED) is 0.247. The van der Waals surface area contributed by atoms with Gasteiger partial charge in [0.05, 0.1) is 13.7 Å². The lowest BCUT2D eigenvalue weighted by Crippen LogP contribution is -2.42. The Morgan fingerprint density at radius 3 is 2.06 bits per heavy atom. The molecule has 1 aliphatic rings. The summed E-state index contributed by atoms with van der Waals surface area (Å²) in [5.41, 5.74) is 3.55. The third-order valence-electron chi connectivity index (χ3n) is 5.63. The lowest BCUT2D eigenvalue weighted by Gasteiger charge is -2.26. The molecule has 180 valence electrons. The van der Waals surface area contributed by atoms with E-state index >= 15 is 0 Å². The fourth-order valence-corrected chi connectivity index (χ4v) is 3.72. The maximum absolute atomic E-state index is 12.2. The largest absolute Gasteiger partial charge is 0.497 e. The van der Waals surface area contributed by atoms with E-state index in [2.05, 4.69) is 50.1 Å². The molecule has 0 unspecified atom stereocenters. The Balaban J connectivity index is 0.00000385. The summed E-state index contributed by atoms with van der Waals surface area (Å²) in [4.78, 5) is 18.9. The molecule has 0 atom stereocenters. The van der Waals surface area contributed by atoms with Gasteiger partial charge in [0.15, 0.2) is 5.96 Å². The van der Waals surface area contributed by atoms with Crippen molar-refractivity contribution in [3.63, 3.8) is 0 Å². The van der Waals surface area contributed by atoms with E-state index in [1.165, 1.54) is 43.5 Å². The van der Waals surface area contributed by atoms with Crippen LogP contribution in [0.1, 0.15) is 36.0 Å². The van der Waals surface area contributed by atoms with Crippen LogP contribution >= 0.6 is 24.0 Å². The first kappa shape index (κ1) is 26.9. The van der Waals surface area contributed by atoms with Crippen molar-refractivity contribution in [2.75, 3.05) is 33.8 Å². The first-order valence-electron chi connectivity index (χ1n) is 11.3. The normalized spacial score (nSPS) is 14.2. The third-order valence-corrected chi connectivity index (χ3v) is 5.63. The van der Waals surface area contributed by atoms with E-state index in [9.17, 15) is 4.79 Å². The number of nitrogens with zero attached hydrogens (tertiary/aromatic N) is 2. The Bertz CT molecular complexity index is 865. The fourth-order valence-electron chi connectivity index (χ4n) is 3.72. The first-order chi connectivity index (χ1) is 15.7. The molecule has 0 saturated carbocycles. The Hall–Kier alpha value is -2.33. The predicted molar refractivity (Wildman–Crippen MR) is 144 cm³/mol. The molecule has 1 saturated heterocycles. The number of benzene rings is 2. The number of halogens is 1. The molecule has 3 N–H and O–H groups in total. The van der Waals surface area contributed by atoms with Crippen LogP contribution in [0.25, 0.3) is 0 Å². The van der Waals surface area contributed by atoms with Gasteiger partial charge in [-0.05, 0) is 54.8 Å². The van der Waals surface area contributed by atoms with Crippen LogP contribution in [0.4, 0.5) is 0 Å². The van der Waals surface area contributed by atoms with Crippen LogP contribution in [0, 0.1) is 0 Å². The van der Waals surface area contributed by atoms with Crippen LogP contribution in [0.15, 0.2) is 53.5 Å². The van der Waals surface area contributed by atoms with Gasteiger partial charge in [0, 0.05) is 26.7 Å². The molecule has 1 fully saturated rings. The average molecular weight is 566 g/mol. The van der Waals surface area contributed by atoms with Gasteiger partial charge >= 0.3 is 0 Å². The van der Waals surface area contributed by atoms with Crippen molar-refractivity contribution >= 4 is 35.8 Å². The minimum absolute atomic E-state index is 0. The Kier molecular flexibility index (Phi) is 12.0. The second kappa shape index (κ2) is 14.7. The highest BCUT2D eigenvalue weighted by Gasteiger charge is 2.10. The molecular weight excluding hydrogens is 529 g/mol. The average Bonchev–Trinajstić information content (AvgIpc) is 2.84. The number of hydrogen-bond acceptors (Lipinski definition) is 4. The van der Waals surface area contributed by atoms with Crippen LogP contribution in [0.2, 0.25) is 0 Å². The van der Waals surface area contributed by atoms with E-state index in [0.717, 1.165) is 17.9 Å². The summed E-state index contributed by atoms with van der Waals surface area (Å²) in [5, 5.41) is 9.22. The van der Waals surface area contributed by atoms with Crippen LogP contribution in [0.3, 0.4) is 0 Å². The van der Waals surface area contributed by atoms with Gasteiger partial charge in [-0.25, -0.2) is 0 Å². The number of likely N-dealkylation sites (tertiary alicyclic amines) is 1. The maximum atomic E-state index is 12.2. The lowest BCUT2D eigenvalue weighted by atomic mass is 10.1. The van der Waals surface area contributed by atoms with Gasteiger partial charge in [0.2, 0.25) is 5.91 Å². The first-order valence-corrected chi connectivity index (χ1v) is 11.3. The second-order valence-electron chi connectivity index (χ2n) is 8.06. The number of carbonyl (C=O) groups is 1. The monoisotopic (exact) mass is 565 g/mol. The molecule has 1 heterocycles. The Labute approximate surface area is 214 Å². The number of hydrogen-bond donors (Lipinski definition) is 3. The number of amides is 1. The predicted octanol–water partition coefficient (Wildman–Crippen LogP) is 3.28. The van der Waals surface area contributed by atoms with E-state index < -0.39 is 0 Å². The zero-order valence-electron chi connectivity index (χ0n) is 19.6. The van der Waals surface area contributed by atoms with Gasteiger partial charge in [-0.2, -0.15) is 0 Å². The molecular formula is C25H36IN5O2. The number of aliphatic imine (C=N–C) groups is 1. The summed E-state index contributed by atoms with van der Waals surface area (Å²) in [6, 6.07) is 16.3.